The number of nitrogens with zero attached hydrogens (tertiary/aromatic N) is 1. The van der Waals surface area contributed by atoms with E-state index in [0.717, 1.165) is 19.3 Å². The molecule has 4 aliphatic heterocycles. The highest BCUT2D eigenvalue weighted by atomic mass is 16.6. The highest BCUT2D eigenvalue weighted by Gasteiger charge is 2.70. The first kappa shape index (κ1) is 23.7. The maximum absolute atomic E-state index is 13.8. The van der Waals surface area contributed by atoms with E-state index in [9.17, 15) is 14.4 Å². The van der Waals surface area contributed by atoms with Crippen molar-refractivity contribution >= 4 is 17.9 Å². The van der Waals surface area contributed by atoms with E-state index in [1.165, 1.54) is 0 Å². The third-order valence-corrected chi connectivity index (χ3v) is 9.82. The normalized spacial score (nSPS) is 41.9. The Labute approximate surface area is 206 Å². The average Bonchev–Trinajstić information content (AvgIpc) is 3.66. The van der Waals surface area contributed by atoms with E-state index in [4.69, 9.17) is 23.7 Å². The van der Waals surface area contributed by atoms with Gasteiger partial charge in [-0.05, 0) is 38.5 Å². The number of ether oxygens (including phenoxy) is 5. The Balaban J connectivity index is 1.18. The van der Waals surface area contributed by atoms with Crippen LogP contribution in [0.3, 0.4) is 0 Å². The second-order valence-corrected chi connectivity index (χ2v) is 11.3. The lowest BCUT2D eigenvalue weighted by molar-refractivity contribution is -0.184. The molecule has 4 heterocycles. The quantitative estimate of drug-likeness (QED) is 0.371. The summed E-state index contributed by atoms with van der Waals surface area (Å²) < 4.78 is 29.4. The van der Waals surface area contributed by atoms with E-state index in [1.54, 1.807) is 0 Å². The molecule has 9 nitrogen and oxygen atoms in total. The second kappa shape index (κ2) is 8.99. The fourth-order valence-electron chi connectivity index (χ4n) is 8.05. The summed E-state index contributed by atoms with van der Waals surface area (Å²) in [5.41, 5.74) is -0.594. The molecule has 0 aromatic carbocycles. The fourth-order valence-corrected chi connectivity index (χ4v) is 8.05. The minimum absolute atomic E-state index is 0.0882. The Morgan fingerprint density at radius 2 is 1.86 bits per heavy atom. The van der Waals surface area contributed by atoms with Gasteiger partial charge in [-0.1, -0.05) is 13.8 Å². The molecule has 0 aromatic heterocycles. The van der Waals surface area contributed by atoms with Crippen molar-refractivity contribution in [2.75, 3.05) is 32.8 Å². The van der Waals surface area contributed by atoms with Crippen LogP contribution in [0, 0.1) is 29.6 Å². The summed E-state index contributed by atoms with van der Waals surface area (Å²) in [6.45, 7) is 6.88. The number of fused-ring (bicyclic) bond motifs is 3. The van der Waals surface area contributed by atoms with Crippen LogP contribution < -0.4 is 0 Å². The van der Waals surface area contributed by atoms with Crippen LogP contribution in [-0.2, 0) is 38.1 Å². The van der Waals surface area contributed by atoms with E-state index >= 15 is 0 Å². The standard InChI is InChI=1S/C26H37NO8/c1-3-26(4-2,17-11-14-5-6-18(17)32-14)35-25(30)21-16-12-15-20(21)24(29)34-23(15)22(16)33-19(28)13-27-7-9-31-10-8-27/h14-18,20-23H,3-13H2,1-2H3. The molecular weight excluding hydrogens is 454 g/mol. The van der Waals surface area contributed by atoms with Crippen molar-refractivity contribution in [2.45, 2.75) is 82.4 Å². The van der Waals surface area contributed by atoms with Crippen LogP contribution in [0.4, 0.5) is 0 Å². The minimum Gasteiger partial charge on any atom is -0.458 e. The number of morpholine rings is 1. The lowest BCUT2D eigenvalue weighted by atomic mass is 9.73. The van der Waals surface area contributed by atoms with E-state index < -0.39 is 29.6 Å². The molecule has 0 radical (unpaired) electrons. The number of hydrogen-bond acceptors (Lipinski definition) is 9. The molecule has 6 fully saturated rings. The Morgan fingerprint density at radius 3 is 2.51 bits per heavy atom. The number of rotatable bonds is 8. The first-order valence-corrected chi connectivity index (χ1v) is 13.5. The largest absolute Gasteiger partial charge is 0.458 e. The van der Waals surface area contributed by atoms with Crippen LogP contribution in [0.25, 0.3) is 0 Å². The predicted molar refractivity (Wildman–Crippen MR) is 121 cm³/mol. The molecule has 6 rings (SSSR count). The summed E-state index contributed by atoms with van der Waals surface area (Å²) in [6, 6.07) is 0. The van der Waals surface area contributed by atoms with E-state index in [0.29, 0.717) is 45.6 Å². The number of hydrogen-bond donors (Lipinski definition) is 0. The van der Waals surface area contributed by atoms with Gasteiger partial charge < -0.3 is 23.7 Å². The van der Waals surface area contributed by atoms with Crippen LogP contribution in [-0.4, -0.2) is 85.7 Å². The molecule has 4 saturated heterocycles. The topological polar surface area (TPSA) is 101 Å². The SMILES string of the molecule is CCC(CC)(OC(=O)C1C2CC3C(OC(=O)C31)C2OC(=O)CN1CCOCC1)C1CC2CCC1O2. The van der Waals surface area contributed by atoms with Crippen molar-refractivity contribution in [3.8, 4) is 0 Å². The van der Waals surface area contributed by atoms with Gasteiger partial charge in [-0.25, -0.2) is 0 Å². The van der Waals surface area contributed by atoms with Crippen LogP contribution in [0.2, 0.25) is 0 Å². The summed E-state index contributed by atoms with van der Waals surface area (Å²) in [4.78, 5) is 41.4. The van der Waals surface area contributed by atoms with Gasteiger partial charge in [-0.2, -0.15) is 0 Å². The highest BCUT2D eigenvalue weighted by Crippen LogP contribution is 2.59. The maximum atomic E-state index is 13.8. The van der Waals surface area contributed by atoms with Crippen molar-refractivity contribution in [3.05, 3.63) is 0 Å². The summed E-state index contributed by atoms with van der Waals surface area (Å²) in [5.74, 6) is -2.28. The van der Waals surface area contributed by atoms with E-state index in [1.807, 2.05) is 4.90 Å². The zero-order valence-corrected chi connectivity index (χ0v) is 20.7. The van der Waals surface area contributed by atoms with Crippen molar-refractivity contribution in [2.24, 2.45) is 29.6 Å². The van der Waals surface area contributed by atoms with Gasteiger partial charge in [0.1, 0.15) is 17.8 Å². The maximum Gasteiger partial charge on any atom is 0.320 e. The van der Waals surface area contributed by atoms with Crippen molar-refractivity contribution in [1.82, 2.24) is 4.90 Å². The molecule has 35 heavy (non-hydrogen) atoms. The van der Waals surface area contributed by atoms with Crippen LogP contribution in [0.1, 0.15) is 52.4 Å². The van der Waals surface area contributed by atoms with Crippen LogP contribution in [0.15, 0.2) is 0 Å². The van der Waals surface area contributed by atoms with Crippen molar-refractivity contribution < 1.29 is 38.1 Å². The molecule has 9 heteroatoms. The number of carbonyl (C=O) groups excluding carboxylic acids is 3. The molecule has 2 saturated carbocycles. The van der Waals surface area contributed by atoms with E-state index in [-0.39, 0.29) is 54.4 Å². The molecule has 6 aliphatic rings. The molecule has 0 spiro atoms. The van der Waals surface area contributed by atoms with Crippen LogP contribution in [0.5, 0.6) is 0 Å². The first-order chi connectivity index (χ1) is 16.9. The molecule has 9 unspecified atom stereocenters. The molecule has 0 amide bonds. The molecule has 2 aliphatic carbocycles. The number of carbonyl (C=O) groups is 3. The summed E-state index contributed by atoms with van der Waals surface area (Å²) in [7, 11) is 0. The third kappa shape index (κ3) is 3.80. The monoisotopic (exact) mass is 491 g/mol. The summed E-state index contributed by atoms with van der Waals surface area (Å²) in [6.07, 6.45) is 4.47. The second-order valence-electron chi connectivity index (χ2n) is 11.3. The highest BCUT2D eigenvalue weighted by molar-refractivity contribution is 5.86. The molecular formula is C26H37NO8. The Hall–Kier alpha value is -1.71. The predicted octanol–water partition coefficient (Wildman–Crippen LogP) is 1.71. The van der Waals surface area contributed by atoms with Gasteiger partial charge in [0.15, 0.2) is 0 Å². The summed E-state index contributed by atoms with van der Waals surface area (Å²) in [5, 5.41) is 0. The van der Waals surface area contributed by atoms with Gasteiger partial charge in [0.05, 0.1) is 43.8 Å². The third-order valence-electron chi connectivity index (χ3n) is 9.82. The average molecular weight is 492 g/mol. The van der Waals surface area contributed by atoms with Gasteiger partial charge in [0, 0.05) is 30.8 Å². The Morgan fingerprint density at radius 1 is 1.09 bits per heavy atom. The van der Waals surface area contributed by atoms with E-state index in [2.05, 4.69) is 13.8 Å². The van der Waals surface area contributed by atoms with Gasteiger partial charge in [0.25, 0.3) is 0 Å². The minimum atomic E-state index is -0.621. The molecule has 194 valence electrons. The molecule has 0 aromatic rings. The Bertz CT molecular complexity index is 867. The number of esters is 3. The van der Waals surface area contributed by atoms with Crippen LogP contribution >= 0.6 is 0 Å². The zero-order valence-electron chi connectivity index (χ0n) is 20.7. The summed E-state index contributed by atoms with van der Waals surface area (Å²) >= 11 is 0. The lowest BCUT2D eigenvalue weighted by Crippen LogP contribution is -2.50. The molecule has 9 atom stereocenters. The first-order valence-electron chi connectivity index (χ1n) is 13.5. The Kier molecular flexibility index (Phi) is 6.08. The molecule has 0 N–H and O–H groups in total. The van der Waals surface area contributed by atoms with Gasteiger partial charge in [-0.15, -0.1) is 0 Å². The zero-order chi connectivity index (χ0) is 24.3. The van der Waals surface area contributed by atoms with Crippen molar-refractivity contribution in [3.63, 3.8) is 0 Å². The molecule has 4 bridgehead atoms. The fraction of sp³-hybridized carbons (Fsp3) is 0.885. The van der Waals surface area contributed by atoms with Crippen molar-refractivity contribution in [1.29, 1.82) is 0 Å². The lowest BCUT2D eigenvalue weighted by Gasteiger charge is -2.41. The van der Waals surface area contributed by atoms with Gasteiger partial charge in [-0.3, -0.25) is 19.3 Å². The van der Waals surface area contributed by atoms with Gasteiger partial charge in [0.2, 0.25) is 0 Å². The smallest absolute Gasteiger partial charge is 0.320 e. The van der Waals surface area contributed by atoms with Gasteiger partial charge >= 0.3 is 17.9 Å².